The average molecular weight is 309 g/mol. The summed E-state index contributed by atoms with van der Waals surface area (Å²) in [7, 11) is 0. The van der Waals surface area contributed by atoms with E-state index in [1.807, 2.05) is 29.1 Å². The molecule has 1 aliphatic carbocycles. The van der Waals surface area contributed by atoms with Gasteiger partial charge in [0.25, 0.3) is 0 Å². The maximum atomic E-state index is 5.76. The minimum Gasteiger partial charge on any atom is -0.381 e. The lowest BCUT2D eigenvalue weighted by Crippen LogP contribution is -2.09. The number of aromatic nitrogens is 3. The second kappa shape index (κ2) is 8.44. The van der Waals surface area contributed by atoms with Crippen LogP contribution in [0.5, 0.6) is 0 Å². The fraction of sp³-hybridized carbons (Fsp3) is 0.368. The van der Waals surface area contributed by atoms with Crippen LogP contribution in [0.4, 0.5) is 0 Å². The molecule has 0 amide bonds. The summed E-state index contributed by atoms with van der Waals surface area (Å²) in [4.78, 5) is 0. The third kappa shape index (κ3) is 4.89. The summed E-state index contributed by atoms with van der Waals surface area (Å²) in [6.07, 6.45) is 13.8. The molecule has 0 bridgehead atoms. The van der Waals surface area contributed by atoms with Gasteiger partial charge in [0.1, 0.15) is 5.69 Å². The molecule has 1 aliphatic rings. The number of ether oxygens (including phenoxy) is 1. The monoisotopic (exact) mass is 309 g/mol. The first-order valence-corrected chi connectivity index (χ1v) is 8.28. The van der Waals surface area contributed by atoms with Gasteiger partial charge in [-0.15, -0.1) is 5.10 Å². The van der Waals surface area contributed by atoms with Crippen LogP contribution in [0.2, 0.25) is 0 Å². The molecule has 4 heteroatoms. The molecule has 120 valence electrons. The van der Waals surface area contributed by atoms with Gasteiger partial charge in [0.2, 0.25) is 0 Å². The van der Waals surface area contributed by atoms with Gasteiger partial charge >= 0.3 is 0 Å². The van der Waals surface area contributed by atoms with Gasteiger partial charge in [0, 0.05) is 24.6 Å². The standard InChI is InChI=1S/C19H23N3O/c1-3-9-17(10-4-1)16-23-14-8-7-13-22-15-19(20-21-22)18-11-5-2-6-12-18/h1-6,9,11-12,15,17H,7-8,10,13-14,16H2. The van der Waals surface area contributed by atoms with E-state index >= 15 is 0 Å². The Morgan fingerprint density at radius 1 is 1.13 bits per heavy atom. The van der Waals surface area contributed by atoms with E-state index in [0.29, 0.717) is 5.92 Å². The third-order valence-corrected chi connectivity index (χ3v) is 3.94. The Bertz CT molecular complexity index is 646. The zero-order valence-electron chi connectivity index (χ0n) is 13.3. The number of nitrogens with zero attached hydrogens (tertiary/aromatic N) is 3. The van der Waals surface area contributed by atoms with E-state index < -0.39 is 0 Å². The highest BCUT2D eigenvalue weighted by molar-refractivity contribution is 5.57. The number of rotatable bonds is 8. The zero-order chi connectivity index (χ0) is 15.7. The van der Waals surface area contributed by atoms with Crippen molar-refractivity contribution in [2.45, 2.75) is 25.8 Å². The summed E-state index contributed by atoms with van der Waals surface area (Å²) < 4.78 is 7.67. The lowest BCUT2D eigenvalue weighted by Gasteiger charge is -2.13. The van der Waals surface area contributed by atoms with Gasteiger partial charge in [-0.05, 0) is 19.3 Å². The molecule has 2 aromatic rings. The second-order valence-corrected chi connectivity index (χ2v) is 5.82. The maximum Gasteiger partial charge on any atom is 0.113 e. The molecule has 0 saturated heterocycles. The summed E-state index contributed by atoms with van der Waals surface area (Å²) in [5, 5.41) is 8.42. The second-order valence-electron chi connectivity index (χ2n) is 5.82. The van der Waals surface area contributed by atoms with Crippen LogP contribution in [0.15, 0.2) is 60.8 Å². The van der Waals surface area contributed by atoms with Crippen molar-refractivity contribution in [3.63, 3.8) is 0 Å². The quantitative estimate of drug-likeness (QED) is 0.695. The van der Waals surface area contributed by atoms with Gasteiger partial charge in [0.05, 0.1) is 12.8 Å². The fourth-order valence-electron chi connectivity index (χ4n) is 2.62. The molecule has 0 N–H and O–H groups in total. The molecule has 1 heterocycles. The first-order chi connectivity index (χ1) is 11.4. The summed E-state index contributed by atoms with van der Waals surface area (Å²) >= 11 is 0. The molecule has 1 aromatic carbocycles. The van der Waals surface area contributed by atoms with Crippen LogP contribution in [-0.4, -0.2) is 28.2 Å². The molecule has 3 rings (SSSR count). The molecule has 0 fully saturated rings. The number of benzene rings is 1. The van der Waals surface area contributed by atoms with Crippen LogP contribution in [0, 0.1) is 5.92 Å². The molecule has 23 heavy (non-hydrogen) atoms. The highest BCUT2D eigenvalue weighted by atomic mass is 16.5. The van der Waals surface area contributed by atoms with Crippen LogP contribution in [-0.2, 0) is 11.3 Å². The van der Waals surface area contributed by atoms with E-state index in [-0.39, 0.29) is 0 Å². The average Bonchev–Trinajstić information content (AvgIpc) is 3.09. The Morgan fingerprint density at radius 2 is 2.04 bits per heavy atom. The number of aryl methyl sites for hydroxylation is 1. The topological polar surface area (TPSA) is 39.9 Å². The van der Waals surface area contributed by atoms with E-state index in [2.05, 4.69) is 46.7 Å². The summed E-state index contributed by atoms with van der Waals surface area (Å²) in [5.74, 6) is 0.545. The van der Waals surface area contributed by atoms with Crippen molar-refractivity contribution in [3.8, 4) is 11.3 Å². The first kappa shape index (κ1) is 15.7. The summed E-state index contributed by atoms with van der Waals surface area (Å²) in [5.41, 5.74) is 2.04. The Morgan fingerprint density at radius 3 is 2.87 bits per heavy atom. The van der Waals surface area contributed by atoms with Crippen molar-refractivity contribution in [1.29, 1.82) is 0 Å². The van der Waals surface area contributed by atoms with Gasteiger partial charge < -0.3 is 4.74 Å². The summed E-state index contributed by atoms with van der Waals surface area (Å²) in [6.45, 7) is 2.52. The highest BCUT2D eigenvalue weighted by Crippen LogP contribution is 2.15. The number of hydrogen-bond acceptors (Lipinski definition) is 3. The molecule has 0 saturated carbocycles. The van der Waals surface area contributed by atoms with Crippen LogP contribution >= 0.6 is 0 Å². The fourth-order valence-corrected chi connectivity index (χ4v) is 2.62. The first-order valence-electron chi connectivity index (χ1n) is 8.28. The molecular weight excluding hydrogens is 286 g/mol. The van der Waals surface area contributed by atoms with Crippen molar-refractivity contribution in [3.05, 3.63) is 60.8 Å². The molecule has 1 aromatic heterocycles. The minimum absolute atomic E-state index is 0.545. The van der Waals surface area contributed by atoms with Gasteiger partial charge in [0.15, 0.2) is 0 Å². The van der Waals surface area contributed by atoms with E-state index in [9.17, 15) is 0 Å². The largest absolute Gasteiger partial charge is 0.381 e. The predicted molar refractivity (Wildman–Crippen MR) is 91.9 cm³/mol. The van der Waals surface area contributed by atoms with Crippen molar-refractivity contribution in [2.75, 3.05) is 13.2 Å². The Labute approximate surface area is 137 Å². The van der Waals surface area contributed by atoms with E-state index in [4.69, 9.17) is 4.74 Å². The summed E-state index contributed by atoms with van der Waals surface area (Å²) in [6, 6.07) is 10.1. The van der Waals surface area contributed by atoms with E-state index in [1.54, 1.807) is 0 Å². The van der Waals surface area contributed by atoms with Gasteiger partial charge in [-0.25, -0.2) is 0 Å². The van der Waals surface area contributed by atoms with Gasteiger partial charge in [-0.3, -0.25) is 4.68 Å². The molecule has 0 radical (unpaired) electrons. The Hall–Kier alpha value is -2.20. The van der Waals surface area contributed by atoms with Crippen molar-refractivity contribution < 1.29 is 4.74 Å². The molecule has 0 aliphatic heterocycles. The Balaban J connectivity index is 1.33. The van der Waals surface area contributed by atoms with Crippen molar-refractivity contribution in [2.24, 2.45) is 5.92 Å². The molecule has 1 unspecified atom stereocenters. The third-order valence-electron chi connectivity index (χ3n) is 3.94. The van der Waals surface area contributed by atoms with Crippen molar-refractivity contribution >= 4 is 0 Å². The maximum absolute atomic E-state index is 5.76. The van der Waals surface area contributed by atoms with Gasteiger partial charge in [-0.2, -0.15) is 0 Å². The number of allylic oxidation sites excluding steroid dienone is 3. The molecule has 1 atom stereocenters. The van der Waals surface area contributed by atoms with Crippen LogP contribution in [0.3, 0.4) is 0 Å². The molecule has 4 nitrogen and oxygen atoms in total. The van der Waals surface area contributed by atoms with Crippen LogP contribution in [0.1, 0.15) is 19.3 Å². The predicted octanol–water partition coefficient (Wildman–Crippen LogP) is 3.87. The lowest BCUT2D eigenvalue weighted by atomic mass is 10.0. The van der Waals surface area contributed by atoms with Gasteiger partial charge in [-0.1, -0.05) is 59.8 Å². The lowest BCUT2D eigenvalue weighted by molar-refractivity contribution is 0.108. The number of unbranched alkanes of at least 4 members (excludes halogenated alkanes) is 1. The SMILES string of the molecule is C1=CCC(COCCCCn2cc(-c3ccccc3)nn2)C=C1. The van der Waals surface area contributed by atoms with Crippen LogP contribution in [0.25, 0.3) is 11.3 Å². The van der Waals surface area contributed by atoms with E-state index in [0.717, 1.165) is 50.3 Å². The zero-order valence-corrected chi connectivity index (χ0v) is 13.3. The van der Waals surface area contributed by atoms with E-state index in [1.165, 1.54) is 0 Å². The Kier molecular flexibility index (Phi) is 5.75. The van der Waals surface area contributed by atoms with Crippen molar-refractivity contribution in [1.82, 2.24) is 15.0 Å². The molecular formula is C19H23N3O. The molecule has 0 spiro atoms. The minimum atomic E-state index is 0.545. The highest BCUT2D eigenvalue weighted by Gasteiger charge is 2.05. The smallest absolute Gasteiger partial charge is 0.113 e. The normalized spacial score (nSPS) is 16.8. The van der Waals surface area contributed by atoms with Crippen LogP contribution < -0.4 is 0 Å². The number of hydrogen-bond donors (Lipinski definition) is 0.